The van der Waals surface area contributed by atoms with Gasteiger partial charge in [-0.25, -0.2) is 9.97 Å². The molecule has 0 aliphatic rings. The number of carbonyl (C=O) groups excluding carboxylic acids is 1. The number of hydrogen-bond donors (Lipinski definition) is 2. The van der Waals surface area contributed by atoms with Gasteiger partial charge < -0.3 is 10.6 Å². The first-order valence-corrected chi connectivity index (χ1v) is 7.97. The van der Waals surface area contributed by atoms with Crippen LogP contribution in [0.2, 0.25) is 0 Å². The molecule has 138 valence electrons. The van der Waals surface area contributed by atoms with Crippen LogP contribution < -0.4 is 10.6 Å². The van der Waals surface area contributed by atoms with Gasteiger partial charge in [-0.1, -0.05) is 29.8 Å². The van der Waals surface area contributed by atoms with Crippen molar-refractivity contribution in [3.05, 3.63) is 77.6 Å². The summed E-state index contributed by atoms with van der Waals surface area (Å²) in [5.74, 6) is -0.600. The van der Waals surface area contributed by atoms with Crippen molar-refractivity contribution in [3.8, 4) is 0 Å². The molecule has 1 amide bonds. The summed E-state index contributed by atoms with van der Waals surface area (Å²) in [4.78, 5) is 20.4. The fourth-order valence-electron chi connectivity index (χ4n) is 2.34. The van der Waals surface area contributed by atoms with E-state index in [0.717, 1.165) is 17.3 Å². The second kappa shape index (κ2) is 7.45. The van der Waals surface area contributed by atoms with E-state index in [0.29, 0.717) is 0 Å². The van der Waals surface area contributed by atoms with E-state index in [1.165, 1.54) is 30.5 Å². The number of carbonyl (C=O) groups is 1. The quantitative estimate of drug-likeness (QED) is 0.690. The molecule has 0 unspecified atom stereocenters. The Kier molecular flexibility index (Phi) is 5.07. The van der Waals surface area contributed by atoms with E-state index in [9.17, 15) is 18.0 Å². The molecule has 3 rings (SSSR count). The standard InChI is InChI=1S/C19H15F3N4O/c1-12-6-8-13(9-7-12)24-18-23-11-10-16(26-18)17(27)25-15-5-3-2-4-14(15)19(20,21)22/h2-11H,1H3,(H,25,27)(H,23,24,26). The highest BCUT2D eigenvalue weighted by atomic mass is 19.4. The predicted octanol–water partition coefficient (Wildman–Crippen LogP) is 4.80. The van der Waals surface area contributed by atoms with E-state index in [1.807, 2.05) is 31.2 Å². The molecule has 0 aliphatic heterocycles. The maximum absolute atomic E-state index is 13.0. The van der Waals surface area contributed by atoms with Crippen molar-refractivity contribution in [2.45, 2.75) is 13.1 Å². The third-order valence-corrected chi connectivity index (χ3v) is 3.68. The lowest BCUT2D eigenvalue weighted by Gasteiger charge is -2.13. The molecule has 0 aliphatic carbocycles. The largest absolute Gasteiger partial charge is 0.418 e. The fourth-order valence-corrected chi connectivity index (χ4v) is 2.34. The SMILES string of the molecule is Cc1ccc(Nc2nccc(C(=O)Nc3ccccc3C(F)(F)F)n2)cc1. The molecule has 0 saturated heterocycles. The smallest absolute Gasteiger partial charge is 0.324 e. The van der Waals surface area contributed by atoms with Crippen LogP contribution in [0.25, 0.3) is 0 Å². The number of nitrogens with zero attached hydrogens (tertiary/aromatic N) is 2. The number of rotatable bonds is 4. The summed E-state index contributed by atoms with van der Waals surface area (Å²) in [6.07, 6.45) is -3.22. The summed E-state index contributed by atoms with van der Waals surface area (Å²) in [5, 5.41) is 5.20. The van der Waals surface area contributed by atoms with Crippen molar-refractivity contribution in [3.63, 3.8) is 0 Å². The Morgan fingerprint density at radius 1 is 1.00 bits per heavy atom. The number of alkyl halides is 3. The number of amides is 1. The number of nitrogens with one attached hydrogen (secondary N) is 2. The number of aromatic nitrogens is 2. The minimum Gasteiger partial charge on any atom is -0.324 e. The van der Waals surface area contributed by atoms with E-state index in [4.69, 9.17) is 0 Å². The van der Waals surface area contributed by atoms with Gasteiger partial charge >= 0.3 is 6.18 Å². The van der Waals surface area contributed by atoms with Crippen LogP contribution in [0, 0.1) is 6.92 Å². The molecule has 5 nitrogen and oxygen atoms in total. The lowest BCUT2D eigenvalue weighted by Crippen LogP contribution is -2.18. The molecule has 0 fully saturated rings. The molecule has 2 aromatic carbocycles. The van der Waals surface area contributed by atoms with Gasteiger partial charge in [0.2, 0.25) is 5.95 Å². The summed E-state index contributed by atoms with van der Waals surface area (Å²) in [6, 6.07) is 13.5. The van der Waals surface area contributed by atoms with Gasteiger partial charge in [-0.2, -0.15) is 13.2 Å². The fraction of sp³-hybridized carbons (Fsp3) is 0.105. The van der Waals surface area contributed by atoms with Crippen LogP contribution in [0.4, 0.5) is 30.5 Å². The summed E-state index contributed by atoms with van der Waals surface area (Å²) >= 11 is 0. The molecule has 3 aromatic rings. The molecular formula is C19H15F3N4O. The normalized spacial score (nSPS) is 11.1. The van der Waals surface area contributed by atoms with E-state index < -0.39 is 17.6 Å². The van der Waals surface area contributed by atoms with Crippen molar-refractivity contribution in [1.29, 1.82) is 0 Å². The topological polar surface area (TPSA) is 66.9 Å². The molecular weight excluding hydrogens is 357 g/mol. The van der Waals surface area contributed by atoms with Crippen LogP contribution in [0.15, 0.2) is 60.8 Å². The van der Waals surface area contributed by atoms with Crippen molar-refractivity contribution in [2.75, 3.05) is 10.6 Å². The molecule has 0 atom stereocenters. The van der Waals surface area contributed by atoms with Gasteiger partial charge in [-0.15, -0.1) is 0 Å². The zero-order chi connectivity index (χ0) is 19.4. The van der Waals surface area contributed by atoms with Gasteiger partial charge in [0.1, 0.15) is 5.69 Å². The summed E-state index contributed by atoms with van der Waals surface area (Å²) < 4.78 is 39.1. The van der Waals surface area contributed by atoms with Gasteiger partial charge in [0, 0.05) is 11.9 Å². The Morgan fingerprint density at radius 2 is 1.70 bits per heavy atom. The minimum absolute atomic E-state index is 0.0587. The Hall–Kier alpha value is -3.42. The molecule has 1 heterocycles. The zero-order valence-corrected chi connectivity index (χ0v) is 14.2. The third-order valence-electron chi connectivity index (χ3n) is 3.68. The van der Waals surface area contributed by atoms with Crippen LogP contribution in [0.3, 0.4) is 0 Å². The number of para-hydroxylation sites is 1. The lowest BCUT2D eigenvalue weighted by molar-refractivity contribution is -0.136. The average molecular weight is 372 g/mol. The maximum Gasteiger partial charge on any atom is 0.418 e. The predicted molar refractivity (Wildman–Crippen MR) is 95.9 cm³/mol. The lowest BCUT2D eigenvalue weighted by atomic mass is 10.1. The van der Waals surface area contributed by atoms with Crippen LogP contribution in [0.1, 0.15) is 21.6 Å². The highest BCUT2D eigenvalue weighted by Gasteiger charge is 2.33. The maximum atomic E-state index is 13.0. The highest BCUT2D eigenvalue weighted by Crippen LogP contribution is 2.34. The summed E-state index contributed by atoms with van der Waals surface area (Å²) in [6.45, 7) is 1.95. The molecule has 27 heavy (non-hydrogen) atoms. The van der Waals surface area contributed by atoms with Gasteiger partial charge in [-0.05, 0) is 37.3 Å². The van der Waals surface area contributed by atoms with Crippen molar-refractivity contribution in [2.24, 2.45) is 0 Å². The third kappa shape index (κ3) is 4.60. The number of halogens is 3. The highest BCUT2D eigenvalue weighted by molar-refractivity contribution is 6.03. The molecule has 1 aromatic heterocycles. The van der Waals surface area contributed by atoms with Crippen LogP contribution in [-0.2, 0) is 6.18 Å². The van der Waals surface area contributed by atoms with Gasteiger partial charge in [-0.3, -0.25) is 4.79 Å². The van der Waals surface area contributed by atoms with Crippen molar-refractivity contribution < 1.29 is 18.0 Å². The Balaban J connectivity index is 1.79. The average Bonchev–Trinajstić information content (AvgIpc) is 2.63. The Labute approximate surface area is 153 Å². The number of anilines is 3. The van der Waals surface area contributed by atoms with Crippen LogP contribution in [-0.4, -0.2) is 15.9 Å². The van der Waals surface area contributed by atoms with E-state index in [2.05, 4.69) is 20.6 Å². The first-order chi connectivity index (χ1) is 12.8. The molecule has 0 spiro atoms. The van der Waals surface area contributed by atoms with Gasteiger partial charge in [0.05, 0.1) is 11.3 Å². The first-order valence-electron chi connectivity index (χ1n) is 7.97. The minimum atomic E-state index is -4.58. The van der Waals surface area contributed by atoms with E-state index in [1.54, 1.807) is 0 Å². The summed E-state index contributed by atoms with van der Waals surface area (Å²) in [5.41, 5.74) is 0.488. The second-order valence-electron chi connectivity index (χ2n) is 5.75. The second-order valence-corrected chi connectivity index (χ2v) is 5.75. The number of aryl methyl sites for hydroxylation is 1. The van der Waals surface area contributed by atoms with Gasteiger partial charge in [0.15, 0.2) is 0 Å². The molecule has 2 N–H and O–H groups in total. The molecule has 0 radical (unpaired) electrons. The van der Waals surface area contributed by atoms with E-state index >= 15 is 0 Å². The van der Waals surface area contributed by atoms with Gasteiger partial charge in [0.25, 0.3) is 5.91 Å². The molecule has 8 heteroatoms. The monoisotopic (exact) mass is 372 g/mol. The first kappa shape index (κ1) is 18.4. The van der Waals surface area contributed by atoms with Crippen LogP contribution >= 0.6 is 0 Å². The zero-order valence-electron chi connectivity index (χ0n) is 14.2. The number of hydrogen-bond acceptors (Lipinski definition) is 4. The van der Waals surface area contributed by atoms with Crippen LogP contribution in [0.5, 0.6) is 0 Å². The van der Waals surface area contributed by atoms with E-state index in [-0.39, 0.29) is 17.3 Å². The number of benzene rings is 2. The Bertz CT molecular complexity index is 956. The summed E-state index contributed by atoms with van der Waals surface area (Å²) in [7, 11) is 0. The molecule has 0 bridgehead atoms. The Morgan fingerprint density at radius 3 is 2.41 bits per heavy atom. The van der Waals surface area contributed by atoms with Crippen molar-refractivity contribution >= 4 is 23.2 Å². The van der Waals surface area contributed by atoms with Crippen molar-refractivity contribution in [1.82, 2.24) is 9.97 Å². The molecule has 0 saturated carbocycles.